The number of rotatable bonds is 4. The van der Waals surface area contributed by atoms with Crippen molar-refractivity contribution in [3.8, 4) is 5.75 Å². The van der Waals surface area contributed by atoms with Gasteiger partial charge in [-0.1, -0.05) is 42.0 Å². The van der Waals surface area contributed by atoms with Gasteiger partial charge in [-0.2, -0.15) is 0 Å². The quantitative estimate of drug-likeness (QED) is 0.647. The third-order valence-electron chi connectivity index (χ3n) is 3.05. The average molecular weight is 333 g/mol. The van der Waals surface area contributed by atoms with Gasteiger partial charge in [0.25, 0.3) is 11.6 Å². The number of nitrogens with one attached hydrogen (secondary N) is 1. The first-order valence-corrected chi connectivity index (χ1v) is 7.02. The molecule has 118 valence electrons. The van der Waals surface area contributed by atoms with E-state index in [1.54, 1.807) is 43.3 Å². The van der Waals surface area contributed by atoms with Crippen LogP contribution in [0.4, 0.5) is 11.4 Å². The first-order chi connectivity index (χ1) is 11.0. The fourth-order valence-corrected chi connectivity index (χ4v) is 2.31. The molecule has 0 fully saturated rings. The number of carbonyl (C=O) groups is 1. The Morgan fingerprint density at radius 1 is 1.35 bits per heavy atom. The van der Waals surface area contributed by atoms with Gasteiger partial charge >= 0.3 is 0 Å². The number of carbonyl (C=O) groups excluding carboxylic acids is 1. The molecule has 0 aliphatic carbocycles. The maximum Gasteiger partial charge on any atom is 0.298 e. The number of nitro groups is 1. The smallest absolute Gasteiger partial charge is 0.298 e. The number of hydrogen-bond acceptors (Lipinski definition) is 4. The third kappa shape index (κ3) is 3.49. The number of benzene rings is 2. The molecule has 7 heteroatoms. The fraction of sp³-hybridized carbons (Fsp3) is 0.0625. The summed E-state index contributed by atoms with van der Waals surface area (Å²) in [6, 6.07) is 9.86. The van der Waals surface area contributed by atoms with Gasteiger partial charge in [-0.25, -0.2) is 0 Å². The number of anilines is 1. The van der Waals surface area contributed by atoms with Crippen molar-refractivity contribution >= 4 is 35.0 Å². The summed E-state index contributed by atoms with van der Waals surface area (Å²) in [4.78, 5) is 22.7. The van der Waals surface area contributed by atoms with Gasteiger partial charge in [0.2, 0.25) is 0 Å². The minimum Gasteiger partial charge on any atom is -0.505 e. The lowest BCUT2D eigenvalue weighted by Gasteiger charge is -2.10. The Hall–Kier alpha value is -2.86. The Morgan fingerprint density at radius 2 is 2.00 bits per heavy atom. The standard InChI is InChI=1S/C16H13ClN2O4/c1-2-6-10-9-12(15(20)13(17)14(10)19(22)23)16(21)18-11-7-4-3-5-8-11/h2-9,20H,1H3,(H,18,21). The van der Waals surface area contributed by atoms with Crippen molar-refractivity contribution in [2.24, 2.45) is 0 Å². The summed E-state index contributed by atoms with van der Waals surface area (Å²) in [6.45, 7) is 1.67. The number of para-hydroxylation sites is 1. The van der Waals surface area contributed by atoms with Crippen molar-refractivity contribution in [3.05, 3.63) is 68.7 Å². The van der Waals surface area contributed by atoms with Crippen LogP contribution in [0.15, 0.2) is 42.5 Å². The second kappa shape index (κ2) is 6.93. The number of allylic oxidation sites excluding steroid dienone is 1. The molecule has 2 aromatic rings. The van der Waals surface area contributed by atoms with Gasteiger partial charge < -0.3 is 10.4 Å². The minimum absolute atomic E-state index is 0.138. The topological polar surface area (TPSA) is 92.5 Å². The van der Waals surface area contributed by atoms with E-state index in [4.69, 9.17) is 11.6 Å². The van der Waals surface area contributed by atoms with Crippen molar-refractivity contribution in [1.82, 2.24) is 0 Å². The molecular weight excluding hydrogens is 320 g/mol. The van der Waals surface area contributed by atoms with E-state index in [9.17, 15) is 20.0 Å². The Morgan fingerprint density at radius 3 is 2.57 bits per heavy atom. The molecule has 0 aliphatic heterocycles. The van der Waals surface area contributed by atoms with Crippen LogP contribution in [-0.2, 0) is 0 Å². The number of phenols is 1. The van der Waals surface area contributed by atoms with E-state index in [2.05, 4.69) is 5.32 Å². The summed E-state index contributed by atoms with van der Waals surface area (Å²) in [5.74, 6) is -1.24. The molecule has 0 saturated carbocycles. The summed E-state index contributed by atoms with van der Waals surface area (Å²) >= 11 is 5.88. The molecule has 0 spiro atoms. The van der Waals surface area contributed by atoms with Crippen molar-refractivity contribution in [2.45, 2.75) is 6.92 Å². The van der Waals surface area contributed by atoms with Crippen molar-refractivity contribution < 1.29 is 14.8 Å². The lowest BCUT2D eigenvalue weighted by molar-refractivity contribution is -0.385. The zero-order chi connectivity index (χ0) is 17.0. The lowest BCUT2D eigenvalue weighted by atomic mass is 10.1. The van der Waals surface area contributed by atoms with Crippen LogP contribution in [0.2, 0.25) is 5.02 Å². The van der Waals surface area contributed by atoms with E-state index in [0.29, 0.717) is 5.69 Å². The van der Waals surface area contributed by atoms with Crippen LogP contribution in [0.5, 0.6) is 5.75 Å². The van der Waals surface area contributed by atoms with Gasteiger partial charge in [0, 0.05) is 5.69 Å². The Labute approximate surface area is 137 Å². The summed E-state index contributed by atoms with van der Waals surface area (Å²) < 4.78 is 0. The molecule has 6 nitrogen and oxygen atoms in total. The first-order valence-electron chi connectivity index (χ1n) is 6.64. The molecule has 0 unspecified atom stereocenters. The van der Waals surface area contributed by atoms with Crippen molar-refractivity contribution in [1.29, 1.82) is 0 Å². The van der Waals surface area contributed by atoms with Crippen molar-refractivity contribution in [2.75, 3.05) is 5.32 Å². The maximum absolute atomic E-state index is 12.3. The highest BCUT2D eigenvalue weighted by molar-refractivity contribution is 6.35. The van der Waals surface area contributed by atoms with E-state index in [1.165, 1.54) is 12.1 Å². The molecule has 1 amide bonds. The Balaban J connectivity index is 2.50. The largest absolute Gasteiger partial charge is 0.505 e. The number of nitro benzene ring substituents is 1. The predicted octanol–water partition coefficient (Wildman–Crippen LogP) is 4.24. The number of amides is 1. The molecule has 0 atom stereocenters. The molecule has 0 saturated heterocycles. The van der Waals surface area contributed by atoms with Gasteiger partial charge in [0.1, 0.15) is 0 Å². The van der Waals surface area contributed by atoms with E-state index in [0.717, 1.165) is 0 Å². The zero-order valence-corrected chi connectivity index (χ0v) is 12.9. The SMILES string of the molecule is CC=Cc1cc(C(=O)Nc2ccccc2)c(O)c(Cl)c1[N+](=O)[O-]. The van der Waals surface area contributed by atoms with Gasteiger partial charge in [-0.05, 0) is 25.1 Å². The van der Waals surface area contributed by atoms with Crippen LogP contribution in [0.1, 0.15) is 22.8 Å². The molecule has 2 aromatic carbocycles. The second-order valence-electron chi connectivity index (χ2n) is 4.60. The zero-order valence-electron chi connectivity index (χ0n) is 12.1. The molecular formula is C16H13ClN2O4. The van der Waals surface area contributed by atoms with Gasteiger partial charge in [0.05, 0.1) is 16.1 Å². The number of hydrogen-bond donors (Lipinski definition) is 2. The predicted molar refractivity (Wildman–Crippen MR) is 88.9 cm³/mol. The van der Waals surface area contributed by atoms with Crippen LogP contribution >= 0.6 is 11.6 Å². The summed E-state index contributed by atoms with van der Waals surface area (Å²) in [6.07, 6.45) is 3.03. The number of aromatic hydroxyl groups is 1. The van der Waals surface area contributed by atoms with Crippen LogP contribution in [0, 0.1) is 10.1 Å². The Bertz CT molecular complexity index is 788. The number of nitrogens with zero attached hydrogens (tertiary/aromatic N) is 1. The van der Waals surface area contributed by atoms with E-state index < -0.39 is 27.3 Å². The summed E-state index contributed by atoms with van der Waals surface area (Å²) in [7, 11) is 0. The minimum atomic E-state index is -0.698. The van der Waals surface area contributed by atoms with Crippen LogP contribution in [-0.4, -0.2) is 15.9 Å². The average Bonchev–Trinajstić information content (AvgIpc) is 2.51. The first kappa shape index (κ1) is 16.5. The summed E-state index contributed by atoms with van der Waals surface area (Å²) in [5.41, 5.74) is 0.0774. The van der Waals surface area contributed by atoms with Crippen molar-refractivity contribution in [3.63, 3.8) is 0 Å². The van der Waals surface area contributed by atoms with Gasteiger partial charge in [-0.3, -0.25) is 14.9 Å². The van der Waals surface area contributed by atoms with E-state index in [1.807, 2.05) is 0 Å². The maximum atomic E-state index is 12.3. The van der Waals surface area contributed by atoms with Crippen LogP contribution in [0.25, 0.3) is 6.08 Å². The van der Waals surface area contributed by atoms with E-state index in [-0.39, 0.29) is 11.1 Å². The molecule has 0 radical (unpaired) electrons. The summed E-state index contributed by atoms with van der Waals surface area (Å²) in [5, 5.41) is 23.3. The fourth-order valence-electron chi connectivity index (χ4n) is 2.03. The highest BCUT2D eigenvalue weighted by Crippen LogP contribution is 2.39. The molecule has 0 aliphatic rings. The third-order valence-corrected chi connectivity index (χ3v) is 3.41. The second-order valence-corrected chi connectivity index (χ2v) is 4.98. The molecule has 23 heavy (non-hydrogen) atoms. The molecule has 0 heterocycles. The number of halogens is 1. The molecule has 2 rings (SSSR count). The lowest BCUT2D eigenvalue weighted by Crippen LogP contribution is -2.13. The normalized spacial score (nSPS) is 10.7. The monoisotopic (exact) mass is 332 g/mol. The Kier molecular flexibility index (Phi) is 4.98. The highest BCUT2D eigenvalue weighted by atomic mass is 35.5. The molecule has 0 bridgehead atoms. The highest BCUT2D eigenvalue weighted by Gasteiger charge is 2.26. The van der Waals surface area contributed by atoms with E-state index >= 15 is 0 Å². The van der Waals surface area contributed by atoms with Gasteiger partial charge in [0.15, 0.2) is 10.8 Å². The van der Waals surface area contributed by atoms with Crippen LogP contribution < -0.4 is 5.32 Å². The van der Waals surface area contributed by atoms with Gasteiger partial charge in [-0.15, -0.1) is 0 Å². The molecule has 0 aromatic heterocycles. The number of phenolic OH excluding ortho intramolecular Hbond substituents is 1. The van der Waals surface area contributed by atoms with Crippen LogP contribution in [0.3, 0.4) is 0 Å². The molecule has 2 N–H and O–H groups in total.